The Bertz CT molecular complexity index is 676. The molecule has 2 aromatic rings. The lowest BCUT2D eigenvalue weighted by molar-refractivity contribution is -0.120. The second-order valence-corrected chi connectivity index (χ2v) is 6.77. The van der Waals surface area contributed by atoms with Gasteiger partial charge in [0, 0.05) is 22.7 Å². The predicted molar refractivity (Wildman–Crippen MR) is 94.5 cm³/mol. The first-order valence-corrected chi connectivity index (χ1v) is 8.32. The van der Waals surface area contributed by atoms with Gasteiger partial charge in [0.1, 0.15) is 0 Å². The Morgan fingerprint density at radius 1 is 1.09 bits per heavy atom. The van der Waals surface area contributed by atoms with Crippen LogP contribution in [-0.2, 0) is 16.6 Å². The number of hydrogen-bond donors (Lipinski definition) is 2. The van der Waals surface area contributed by atoms with Crippen molar-refractivity contribution in [1.82, 2.24) is 5.32 Å². The zero-order chi connectivity index (χ0) is 16.3. The van der Waals surface area contributed by atoms with Crippen molar-refractivity contribution in [2.24, 2.45) is 0 Å². The van der Waals surface area contributed by atoms with E-state index in [2.05, 4.69) is 17.4 Å². The summed E-state index contributed by atoms with van der Waals surface area (Å²) in [6.45, 7) is 0.683. The molecule has 0 bridgehead atoms. The molecule has 1 saturated carbocycles. The fourth-order valence-corrected chi connectivity index (χ4v) is 3.25. The van der Waals surface area contributed by atoms with Gasteiger partial charge in [0.25, 0.3) is 0 Å². The van der Waals surface area contributed by atoms with E-state index in [4.69, 9.17) is 17.3 Å². The molecule has 2 aromatic carbocycles. The van der Waals surface area contributed by atoms with E-state index in [0.29, 0.717) is 18.7 Å². The Balaban J connectivity index is 1.60. The van der Waals surface area contributed by atoms with Crippen LogP contribution in [0.5, 0.6) is 0 Å². The van der Waals surface area contributed by atoms with Crippen LogP contribution in [0.25, 0.3) is 0 Å². The van der Waals surface area contributed by atoms with Crippen LogP contribution in [0.2, 0.25) is 5.02 Å². The average molecular weight is 329 g/mol. The molecule has 4 heteroatoms. The van der Waals surface area contributed by atoms with E-state index in [1.807, 2.05) is 36.4 Å². The first-order valence-electron chi connectivity index (χ1n) is 7.95. The molecule has 3 N–H and O–H groups in total. The third-order valence-corrected chi connectivity index (χ3v) is 4.99. The quantitative estimate of drug-likeness (QED) is 0.822. The van der Waals surface area contributed by atoms with Gasteiger partial charge in [-0.05, 0) is 48.2 Å². The van der Waals surface area contributed by atoms with Gasteiger partial charge in [0.15, 0.2) is 0 Å². The fraction of sp³-hybridized carbons (Fsp3) is 0.316. The standard InChI is InChI=1S/C19H21ClN2O/c20-16-6-4-15(5-7-16)19(10-1-11-19)13-22-18(23)12-14-2-8-17(21)9-3-14/h2-9H,1,10-13,21H2,(H,22,23). The molecule has 1 aliphatic carbocycles. The SMILES string of the molecule is Nc1ccc(CC(=O)NCC2(c3ccc(Cl)cc3)CCC2)cc1. The number of nitrogen functional groups attached to an aromatic ring is 1. The van der Waals surface area contributed by atoms with Gasteiger partial charge in [0.05, 0.1) is 6.42 Å². The van der Waals surface area contributed by atoms with Crippen molar-refractivity contribution in [3.63, 3.8) is 0 Å². The number of rotatable bonds is 5. The summed E-state index contributed by atoms with van der Waals surface area (Å²) in [5, 5.41) is 3.84. The summed E-state index contributed by atoms with van der Waals surface area (Å²) in [6.07, 6.45) is 3.81. The van der Waals surface area contributed by atoms with E-state index < -0.39 is 0 Å². The molecular weight excluding hydrogens is 308 g/mol. The Morgan fingerprint density at radius 2 is 1.74 bits per heavy atom. The minimum atomic E-state index is 0.0509. The summed E-state index contributed by atoms with van der Waals surface area (Å²) in [5.74, 6) is 0.0509. The fourth-order valence-electron chi connectivity index (χ4n) is 3.13. The highest BCUT2D eigenvalue weighted by Crippen LogP contribution is 2.43. The van der Waals surface area contributed by atoms with Crippen LogP contribution < -0.4 is 11.1 Å². The molecule has 120 valence electrons. The molecule has 0 heterocycles. The highest BCUT2D eigenvalue weighted by molar-refractivity contribution is 6.30. The molecular formula is C19H21ClN2O. The van der Waals surface area contributed by atoms with Crippen LogP contribution in [0, 0.1) is 0 Å². The molecule has 0 saturated heterocycles. The van der Waals surface area contributed by atoms with Crippen LogP contribution in [0.3, 0.4) is 0 Å². The zero-order valence-corrected chi connectivity index (χ0v) is 13.8. The third kappa shape index (κ3) is 3.67. The summed E-state index contributed by atoms with van der Waals surface area (Å²) in [7, 11) is 0. The normalized spacial score (nSPS) is 15.7. The van der Waals surface area contributed by atoms with Crippen molar-refractivity contribution in [2.45, 2.75) is 31.1 Å². The number of nitrogens with one attached hydrogen (secondary N) is 1. The molecule has 0 aliphatic heterocycles. The molecule has 1 aliphatic rings. The number of carbonyl (C=O) groups excluding carboxylic acids is 1. The van der Waals surface area contributed by atoms with Crippen molar-refractivity contribution >= 4 is 23.2 Å². The monoisotopic (exact) mass is 328 g/mol. The summed E-state index contributed by atoms with van der Waals surface area (Å²) in [4.78, 5) is 12.2. The Hall–Kier alpha value is -2.00. The number of amides is 1. The molecule has 0 radical (unpaired) electrons. The van der Waals surface area contributed by atoms with Crippen molar-refractivity contribution in [3.05, 3.63) is 64.7 Å². The first-order chi connectivity index (χ1) is 11.1. The van der Waals surface area contributed by atoms with Crippen molar-refractivity contribution in [3.8, 4) is 0 Å². The van der Waals surface area contributed by atoms with Crippen LogP contribution in [0.4, 0.5) is 5.69 Å². The van der Waals surface area contributed by atoms with E-state index in [9.17, 15) is 4.79 Å². The topological polar surface area (TPSA) is 55.1 Å². The van der Waals surface area contributed by atoms with Crippen molar-refractivity contribution in [2.75, 3.05) is 12.3 Å². The summed E-state index contributed by atoms with van der Waals surface area (Å²) < 4.78 is 0. The third-order valence-electron chi connectivity index (χ3n) is 4.74. The van der Waals surface area contributed by atoms with Gasteiger partial charge < -0.3 is 11.1 Å². The number of nitrogens with two attached hydrogens (primary N) is 1. The van der Waals surface area contributed by atoms with Crippen LogP contribution >= 0.6 is 11.6 Å². The Kier molecular flexibility index (Phi) is 4.58. The van der Waals surface area contributed by atoms with Crippen LogP contribution in [-0.4, -0.2) is 12.5 Å². The van der Waals surface area contributed by atoms with Gasteiger partial charge in [-0.25, -0.2) is 0 Å². The highest BCUT2D eigenvalue weighted by atomic mass is 35.5. The van der Waals surface area contributed by atoms with Crippen LogP contribution in [0.1, 0.15) is 30.4 Å². The highest BCUT2D eigenvalue weighted by Gasteiger charge is 2.38. The summed E-state index contributed by atoms with van der Waals surface area (Å²) >= 11 is 5.97. The smallest absolute Gasteiger partial charge is 0.224 e. The van der Waals surface area contributed by atoms with E-state index in [-0.39, 0.29) is 11.3 Å². The number of anilines is 1. The lowest BCUT2D eigenvalue weighted by atomic mass is 9.64. The summed E-state index contributed by atoms with van der Waals surface area (Å²) in [5.41, 5.74) is 8.69. The van der Waals surface area contributed by atoms with Gasteiger partial charge in [-0.15, -0.1) is 0 Å². The molecule has 3 rings (SSSR count). The molecule has 0 atom stereocenters. The van der Waals surface area contributed by atoms with E-state index in [1.54, 1.807) is 0 Å². The maximum absolute atomic E-state index is 12.2. The number of halogens is 1. The Morgan fingerprint density at radius 3 is 2.30 bits per heavy atom. The minimum absolute atomic E-state index is 0.0509. The Labute approximate surface area is 141 Å². The molecule has 0 spiro atoms. The number of hydrogen-bond acceptors (Lipinski definition) is 2. The molecule has 0 unspecified atom stereocenters. The second kappa shape index (κ2) is 6.63. The van der Waals surface area contributed by atoms with Gasteiger partial charge in [-0.3, -0.25) is 4.79 Å². The zero-order valence-electron chi connectivity index (χ0n) is 13.0. The molecule has 1 fully saturated rings. The van der Waals surface area contributed by atoms with Gasteiger partial charge >= 0.3 is 0 Å². The number of carbonyl (C=O) groups is 1. The minimum Gasteiger partial charge on any atom is -0.399 e. The largest absolute Gasteiger partial charge is 0.399 e. The molecule has 0 aromatic heterocycles. The average Bonchev–Trinajstić information content (AvgIpc) is 2.50. The predicted octanol–water partition coefficient (Wildman–Crippen LogP) is 3.70. The lowest BCUT2D eigenvalue weighted by Gasteiger charge is -2.42. The molecule has 3 nitrogen and oxygen atoms in total. The maximum Gasteiger partial charge on any atom is 0.224 e. The maximum atomic E-state index is 12.2. The first kappa shape index (κ1) is 15.9. The van der Waals surface area contributed by atoms with Gasteiger partial charge in [-0.1, -0.05) is 42.3 Å². The van der Waals surface area contributed by atoms with Crippen molar-refractivity contribution in [1.29, 1.82) is 0 Å². The molecule has 23 heavy (non-hydrogen) atoms. The number of benzene rings is 2. The lowest BCUT2D eigenvalue weighted by Crippen LogP contribution is -2.45. The van der Waals surface area contributed by atoms with Crippen molar-refractivity contribution < 1.29 is 4.79 Å². The van der Waals surface area contributed by atoms with Crippen LogP contribution in [0.15, 0.2) is 48.5 Å². The van der Waals surface area contributed by atoms with Gasteiger partial charge in [-0.2, -0.15) is 0 Å². The molecule has 1 amide bonds. The van der Waals surface area contributed by atoms with E-state index >= 15 is 0 Å². The second-order valence-electron chi connectivity index (χ2n) is 6.34. The summed E-state index contributed by atoms with van der Waals surface area (Å²) in [6, 6.07) is 15.4. The van der Waals surface area contributed by atoms with E-state index in [1.165, 1.54) is 12.0 Å². The van der Waals surface area contributed by atoms with E-state index in [0.717, 1.165) is 23.4 Å². The van der Waals surface area contributed by atoms with Gasteiger partial charge in [0.2, 0.25) is 5.91 Å².